The van der Waals surface area contributed by atoms with E-state index in [4.69, 9.17) is 9.47 Å². The van der Waals surface area contributed by atoms with Crippen molar-refractivity contribution in [1.29, 1.82) is 0 Å². The molecule has 0 N–H and O–H groups in total. The van der Waals surface area contributed by atoms with Gasteiger partial charge in [0.2, 0.25) is 0 Å². The first-order chi connectivity index (χ1) is 11.8. The molecular formula is C17H17BF3NO3. The number of rotatable bonds is 6. The van der Waals surface area contributed by atoms with Crippen LogP contribution in [0, 0.1) is 0 Å². The van der Waals surface area contributed by atoms with Gasteiger partial charge in [0.05, 0.1) is 23.9 Å². The molecule has 0 radical (unpaired) electrons. The maximum Gasteiger partial charge on any atom is 0.417 e. The van der Waals surface area contributed by atoms with Crippen molar-refractivity contribution in [2.45, 2.75) is 25.5 Å². The molecule has 0 aliphatic heterocycles. The van der Waals surface area contributed by atoms with E-state index in [-0.39, 0.29) is 12.4 Å². The molecular weight excluding hydrogens is 334 g/mol. The van der Waals surface area contributed by atoms with Crippen LogP contribution in [-0.2, 0) is 27.1 Å². The number of ketones is 1. The molecule has 0 spiro atoms. The number of nitrogens with zero attached hydrogens (tertiary/aromatic N) is 1. The minimum Gasteiger partial charge on any atom is -0.496 e. The normalized spacial score (nSPS) is 14.8. The zero-order valence-electron chi connectivity index (χ0n) is 13.9. The minimum atomic E-state index is -4.42. The van der Waals surface area contributed by atoms with Crippen LogP contribution in [0.4, 0.5) is 13.2 Å². The van der Waals surface area contributed by atoms with Crippen molar-refractivity contribution in [1.82, 2.24) is 4.98 Å². The van der Waals surface area contributed by atoms with Crippen molar-refractivity contribution < 1.29 is 27.4 Å². The van der Waals surface area contributed by atoms with Gasteiger partial charge in [-0.25, -0.2) is 0 Å². The second kappa shape index (κ2) is 8.05. The Kier molecular flexibility index (Phi) is 6.06. The summed E-state index contributed by atoms with van der Waals surface area (Å²) in [7, 11) is 3.22. The second-order valence-corrected chi connectivity index (χ2v) is 5.30. The van der Waals surface area contributed by atoms with Gasteiger partial charge >= 0.3 is 6.18 Å². The molecule has 0 saturated carbocycles. The van der Waals surface area contributed by atoms with Gasteiger partial charge in [-0.2, -0.15) is 13.2 Å². The molecule has 8 heteroatoms. The van der Waals surface area contributed by atoms with Crippen LogP contribution in [0.3, 0.4) is 0 Å². The van der Waals surface area contributed by atoms with Gasteiger partial charge in [-0.05, 0) is 18.5 Å². The highest BCUT2D eigenvalue weighted by atomic mass is 19.4. The van der Waals surface area contributed by atoms with Crippen LogP contribution in [0.1, 0.15) is 17.7 Å². The van der Waals surface area contributed by atoms with Crippen LogP contribution in [0.2, 0.25) is 6.32 Å². The van der Waals surface area contributed by atoms with E-state index in [1.807, 2.05) is 0 Å². The Morgan fingerprint density at radius 1 is 1.36 bits per heavy atom. The number of halogens is 3. The molecule has 0 saturated heterocycles. The number of hydrogen-bond donors (Lipinski definition) is 0. The molecule has 1 aliphatic rings. The number of hydrogen-bond acceptors (Lipinski definition) is 4. The van der Waals surface area contributed by atoms with Crippen LogP contribution in [0.25, 0.3) is 0 Å². The average Bonchev–Trinajstić information content (AvgIpc) is 2.81. The fourth-order valence-corrected chi connectivity index (χ4v) is 2.19. The maximum atomic E-state index is 12.5. The summed E-state index contributed by atoms with van der Waals surface area (Å²) in [6.45, 7) is 0.0197. The topological polar surface area (TPSA) is 48.4 Å². The number of allylic oxidation sites excluding steroid dienone is 4. The Hall–Kier alpha value is -2.51. The van der Waals surface area contributed by atoms with Crippen LogP contribution >= 0.6 is 0 Å². The van der Waals surface area contributed by atoms with Crippen molar-refractivity contribution in [3.63, 3.8) is 0 Å². The van der Waals surface area contributed by atoms with Gasteiger partial charge in [-0.3, -0.25) is 9.78 Å². The first kappa shape index (κ1) is 18.8. The Bertz CT molecular complexity index is 722. The lowest BCUT2D eigenvalue weighted by molar-refractivity contribution is -0.137. The first-order valence-corrected chi connectivity index (χ1v) is 7.68. The van der Waals surface area contributed by atoms with Crippen molar-refractivity contribution in [3.05, 3.63) is 64.9 Å². The smallest absolute Gasteiger partial charge is 0.417 e. The Morgan fingerprint density at radius 3 is 2.68 bits per heavy atom. The van der Waals surface area contributed by atoms with E-state index in [1.165, 1.54) is 13.2 Å². The van der Waals surface area contributed by atoms with Crippen LogP contribution in [0.15, 0.2) is 53.6 Å². The number of ether oxygens (including phenoxy) is 2. The lowest BCUT2D eigenvalue weighted by Crippen LogP contribution is -2.06. The molecule has 0 atom stereocenters. The van der Waals surface area contributed by atoms with E-state index in [0.717, 1.165) is 12.3 Å². The lowest BCUT2D eigenvalue weighted by atomic mass is 9.95. The molecule has 1 aliphatic carbocycles. The van der Waals surface area contributed by atoms with E-state index < -0.39 is 11.7 Å². The summed E-state index contributed by atoms with van der Waals surface area (Å²) >= 11 is 0. The van der Waals surface area contributed by atoms with E-state index in [1.54, 1.807) is 26.1 Å². The highest BCUT2D eigenvalue weighted by molar-refractivity contribution is 6.24. The van der Waals surface area contributed by atoms with E-state index in [9.17, 15) is 18.0 Å². The Balaban J connectivity index is 2.10. The molecule has 0 unspecified atom stereocenters. The molecule has 1 aromatic heterocycles. The van der Waals surface area contributed by atoms with Gasteiger partial charge in [-0.15, -0.1) is 0 Å². The molecule has 4 nitrogen and oxygen atoms in total. The summed E-state index contributed by atoms with van der Waals surface area (Å²) in [5.74, 6) is 0.889. The number of carbonyl (C=O) groups excluding carboxylic acids is 1. The Labute approximate surface area is 144 Å². The quantitative estimate of drug-likeness (QED) is 0.740. The largest absolute Gasteiger partial charge is 0.496 e. The van der Waals surface area contributed by atoms with Gasteiger partial charge in [0.25, 0.3) is 0 Å². The summed E-state index contributed by atoms with van der Waals surface area (Å²) in [5.41, 5.74) is 0.0337. The minimum absolute atomic E-state index is 0.0197. The van der Waals surface area contributed by atoms with Gasteiger partial charge in [0.1, 0.15) is 26.0 Å². The predicted octanol–water partition coefficient (Wildman–Crippen LogP) is 2.98. The van der Waals surface area contributed by atoms with E-state index >= 15 is 0 Å². The molecule has 132 valence electrons. The first-order valence-electron chi connectivity index (χ1n) is 7.68. The van der Waals surface area contributed by atoms with Crippen molar-refractivity contribution in [2.75, 3.05) is 7.11 Å². The highest BCUT2D eigenvalue weighted by Crippen LogP contribution is 2.28. The van der Waals surface area contributed by atoms with Gasteiger partial charge in [-0.1, -0.05) is 12.2 Å². The average molecular weight is 351 g/mol. The number of Topliss-reactive ketones (excluding diaryl/α,β-unsaturated/α-hetero) is 1. The zero-order chi connectivity index (χ0) is 18.4. The summed E-state index contributed by atoms with van der Waals surface area (Å²) in [6.07, 6.45) is 2.24. The summed E-state index contributed by atoms with van der Waals surface area (Å²) in [4.78, 5) is 15.7. The van der Waals surface area contributed by atoms with Gasteiger partial charge < -0.3 is 9.47 Å². The van der Waals surface area contributed by atoms with Gasteiger partial charge in [0.15, 0.2) is 5.78 Å². The molecule has 0 fully saturated rings. The Morgan fingerprint density at radius 2 is 2.12 bits per heavy atom. The summed E-state index contributed by atoms with van der Waals surface area (Å²) < 4.78 is 48.4. The third-order valence-corrected chi connectivity index (χ3v) is 3.56. The number of alkyl halides is 3. The fraction of sp³-hybridized carbons (Fsp3) is 0.294. The molecule has 1 heterocycles. The second-order valence-electron chi connectivity index (χ2n) is 5.30. The number of carbonyl (C=O) groups is 1. The molecule has 2 rings (SSSR count). The highest BCUT2D eigenvalue weighted by Gasteiger charge is 2.30. The third-order valence-electron chi connectivity index (χ3n) is 3.56. The van der Waals surface area contributed by atoms with Crippen LogP contribution in [0.5, 0.6) is 0 Å². The molecule has 0 amide bonds. The molecule has 1 aromatic rings. The number of methoxy groups -OCH3 is 1. The van der Waals surface area contributed by atoms with Crippen molar-refractivity contribution in [2.24, 2.45) is 0 Å². The maximum absolute atomic E-state index is 12.5. The predicted molar refractivity (Wildman–Crippen MR) is 88.3 cm³/mol. The number of pyridine rings is 1. The van der Waals surface area contributed by atoms with Crippen LogP contribution in [-0.4, -0.2) is 25.7 Å². The van der Waals surface area contributed by atoms with Crippen molar-refractivity contribution >= 4 is 13.6 Å². The lowest BCUT2D eigenvalue weighted by Gasteiger charge is -2.10. The SMILES string of the molecule is BCC(=O)C1=C(OC)C=C(OCc2ccc(C(F)(F)F)cn2)CC=C1. The van der Waals surface area contributed by atoms with E-state index in [2.05, 4.69) is 4.98 Å². The molecule has 0 bridgehead atoms. The number of aromatic nitrogens is 1. The van der Waals surface area contributed by atoms with E-state index in [0.29, 0.717) is 35.5 Å². The third kappa shape index (κ3) is 4.98. The monoisotopic (exact) mass is 351 g/mol. The standard InChI is InChI=1S/C17H17BF3NO3/c1-24-16-7-13(3-2-4-14(16)15(23)8-18)25-10-12-6-5-11(9-22-12)17(19,20)21/h2,4-7,9H,3,8,10,18H2,1H3. The zero-order valence-corrected chi connectivity index (χ0v) is 13.9. The van der Waals surface area contributed by atoms with Crippen LogP contribution < -0.4 is 0 Å². The molecule has 0 aromatic carbocycles. The fourth-order valence-electron chi connectivity index (χ4n) is 2.19. The summed E-state index contributed by atoms with van der Waals surface area (Å²) in [5, 5.41) is 0. The van der Waals surface area contributed by atoms with Crippen molar-refractivity contribution in [3.8, 4) is 0 Å². The summed E-state index contributed by atoms with van der Waals surface area (Å²) in [6, 6.07) is 2.24. The molecule has 25 heavy (non-hydrogen) atoms. The van der Waals surface area contributed by atoms with Gasteiger partial charge in [0, 0.05) is 18.7 Å².